The number of aliphatic hydroxyl groups is 1. The Labute approximate surface area is 114 Å². The number of urea groups is 1. The fourth-order valence-corrected chi connectivity index (χ4v) is 1.71. The number of likely N-dealkylation sites (N-methyl/N-ethyl adjacent to an activating group) is 1. The van der Waals surface area contributed by atoms with E-state index in [1.54, 1.807) is 21.1 Å². The van der Waals surface area contributed by atoms with E-state index < -0.39 is 6.10 Å². The highest BCUT2D eigenvalue weighted by Gasteiger charge is 2.09. The summed E-state index contributed by atoms with van der Waals surface area (Å²) in [5.74, 6) is 0. The van der Waals surface area contributed by atoms with Crippen molar-refractivity contribution in [3.63, 3.8) is 0 Å². The summed E-state index contributed by atoms with van der Waals surface area (Å²) in [6.45, 7) is 3.02. The highest BCUT2D eigenvalue weighted by molar-refractivity contribution is 5.73. The van der Waals surface area contributed by atoms with Crippen LogP contribution in [0.1, 0.15) is 18.1 Å². The predicted molar refractivity (Wildman–Crippen MR) is 73.7 cm³/mol. The Bertz CT molecular complexity index is 390. The van der Waals surface area contributed by atoms with Crippen molar-refractivity contribution in [2.45, 2.75) is 26.2 Å². The van der Waals surface area contributed by atoms with Gasteiger partial charge in [-0.2, -0.15) is 0 Å². The van der Waals surface area contributed by atoms with Gasteiger partial charge in [0.1, 0.15) is 0 Å². The van der Waals surface area contributed by atoms with Gasteiger partial charge in [0.25, 0.3) is 0 Å². The summed E-state index contributed by atoms with van der Waals surface area (Å²) in [6.07, 6.45) is -0.524. The number of ether oxygens (including phenoxy) is 1. The first-order chi connectivity index (χ1) is 9.02. The monoisotopic (exact) mass is 266 g/mol. The quantitative estimate of drug-likeness (QED) is 0.817. The lowest BCUT2D eigenvalue weighted by Crippen LogP contribution is -2.40. The van der Waals surface area contributed by atoms with Crippen LogP contribution in [0.25, 0.3) is 0 Å². The summed E-state index contributed by atoms with van der Waals surface area (Å²) < 4.78 is 5.03. The maximum atomic E-state index is 11.7. The third-order valence-electron chi connectivity index (χ3n) is 2.66. The molecule has 0 bridgehead atoms. The van der Waals surface area contributed by atoms with Gasteiger partial charge in [-0.15, -0.1) is 0 Å². The first kappa shape index (κ1) is 15.5. The second-order valence-electron chi connectivity index (χ2n) is 4.64. The van der Waals surface area contributed by atoms with Crippen LogP contribution in [-0.4, -0.2) is 42.8 Å². The highest BCUT2D eigenvalue weighted by atomic mass is 16.5. The van der Waals surface area contributed by atoms with Gasteiger partial charge in [0, 0.05) is 27.2 Å². The Morgan fingerprint density at radius 1 is 1.37 bits per heavy atom. The van der Waals surface area contributed by atoms with Crippen molar-refractivity contribution in [3.8, 4) is 0 Å². The third kappa shape index (κ3) is 5.72. The number of nitrogens with zero attached hydrogens (tertiary/aromatic N) is 1. The molecule has 2 amide bonds. The summed E-state index contributed by atoms with van der Waals surface area (Å²) >= 11 is 0. The lowest BCUT2D eigenvalue weighted by atomic mass is 10.1. The van der Waals surface area contributed by atoms with E-state index in [0.717, 1.165) is 11.1 Å². The molecule has 0 saturated carbocycles. The molecule has 0 aliphatic carbocycles. The fourth-order valence-electron chi connectivity index (χ4n) is 1.71. The maximum Gasteiger partial charge on any atom is 0.317 e. The van der Waals surface area contributed by atoms with E-state index >= 15 is 0 Å². The Kier molecular flexibility index (Phi) is 6.32. The van der Waals surface area contributed by atoms with Gasteiger partial charge in [-0.25, -0.2) is 4.79 Å². The van der Waals surface area contributed by atoms with Crippen LogP contribution in [0.2, 0.25) is 0 Å². The van der Waals surface area contributed by atoms with Crippen molar-refractivity contribution in [2.24, 2.45) is 0 Å². The van der Waals surface area contributed by atoms with E-state index in [2.05, 4.69) is 5.32 Å². The number of benzene rings is 1. The number of carbonyl (C=O) groups excluding carboxylic acids is 1. The van der Waals surface area contributed by atoms with E-state index in [1.807, 2.05) is 24.3 Å². The molecule has 1 aromatic carbocycles. The van der Waals surface area contributed by atoms with Gasteiger partial charge in [-0.05, 0) is 18.1 Å². The molecule has 0 saturated heterocycles. The molecule has 0 aliphatic rings. The van der Waals surface area contributed by atoms with Crippen LogP contribution in [0.5, 0.6) is 0 Å². The topological polar surface area (TPSA) is 61.8 Å². The summed E-state index contributed by atoms with van der Waals surface area (Å²) in [7, 11) is 3.32. The van der Waals surface area contributed by atoms with Crippen molar-refractivity contribution in [2.75, 3.05) is 20.7 Å². The molecule has 1 atom stereocenters. The van der Waals surface area contributed by atoms with E-state index in [4.69, 9.17) is 4.74 Å². The zero-order valence-electron chi connectivity index (χ0n) is 11.7. The first-order valence-electron chi connectivity index (χ1n) is 6.26. The van der Waals surface area contributed by atoms with Crippen LogP contribution in [0.4, 0.5) is 4.79 Å². The van der Waals surface area contributed by atoms with Crippen molar-refractivity contribution in [1.29, 1.82) is 0 Å². The molecule has 19 heavy (non-hydrogen) atoms. The van der Waals surface area contributed by atoms with Gasteiger partial charge in [0.2, 0.25) is 0 Å². The average molecular weight is 266 g/mol. The van der Waals surface area contributed by atoms with Gasteiger partial charge >= 0.3 is 6.03 Å². The number of hydrogen-bond acceptors (Lipinski definition) is 3. The smallest absolute Gasteiger partial charge is 0.317 e. The molecule has 2 N–H and O–H groups in total. The largest absolute Gasteiger partial charge is 0.392 e. The maximum absolute atomic E-state index is 11.7. The summed E-state index contributed by atoms with van der Waals surface area (Å²) in [5, 5.41) is 12.0. The molecule has 0 heterocycles. The van der Waals surface area contributed by atoms with Crippen molar-refractivity contribution in [1.82, 2.24) is 10.2 Å². The Morgan fingerprint density at radius 2 is 1.95 bits per heavy atom. The Hall–Kier alpha value is -1.59. The van der Waals surface area contributed by atoms with Crippen LogP contribution in [0, 0.1) is 0 Å². The average Bonchev–Trinajstić information content (AvgIpc) is 2.37. The normalized spacial score (nSPS) is 12.0. The summed E-state index contributed by atoms with van der Waals surface area (Å²) in [5.41, 5.74) is 2.13. The van der Waals surface area contributed by atoms with Gasteiger partial charge in [0.05, 0.1) is 12.7 Å². The predicted octanol–water partition coefficient (Wildman–Crippen LogP) is 1.36. The number of methoxy groups -OCH3 is 1. The van der Waals surface area contributed by atoms with Gasteiger partial charge < -0.3 is 20.1 Å². The number of hydrogen-bond donors (Lipinski definition) is 2. The molecule has 0 radical (unpaired) electrons. The minimum absolute atomic E-state index is 0.193. The molecule has 5 heteroatoms. The van der Waals surface area contributed by atoms with E-state index in [9.17, 15) is 9.90 Å². The Morgan fingerprint density at radius 3 is 2.47 bits per heavy atom. The standard InChI is InChI=1S/C14H22N2O3/c1-11(17)9-16(2)14(18)15-8-12-4-6-13(7-5-12)10-19-3/h4-7,11,17H,8-10H2,1-3H3,(H,15,18). The van der Waals surface area contributed by atoms with Crippen LogP contribution in [0.15, 0.2) is 24.3 Å². The molecule has 0 fully saturated rings. The van der Waals surface area contributed by atoms with Crippen LogP contribution >= 0.6 is 0 Å². The SMILES string of the molecule is COCc1ccc(CNC(=O)N(C)CC(C)O)cc1. The summed E-state index contributed by atoms with van der Waals surface area (Å²) in [4.78, 5) is 13.2. The Balaban J connectivity index is 2.41. The highest BCUT2D eigenvalue weighted by Crippen LogP contribution is 2.05. The molecule has 0 aliphatic heterocycles. The lowest BCUT2D eigenvalue weighted by Gasteiger charge is -2.19. The van der Waals surface area contributed by atoms with Gasteiger partial charge in [0.15, 0.2) is 0 Å². The van der Waals surface area contributed by atoms with E-state index in [1.165, 1.54) is 4.90 Å². The van der Waals surface area contributed by atoms with Crippen LogP contribution in [0.3, 0.4) is 0 Å². The second-order valence-corrected chi connectivity index (χ2v) is 4.64. The van der Waals surface area contributed by atoms with Crippen LogP contribution in [-0.2, 0) is 17.9 Å². The molecule has 1 rings (SSSR count). The number of rotatable bonds is 6. The molecule has 0 spiro atoms. The van der Waals surface area contributed by atoms with Gasteiger partial charge in [-0.1, -0.05) is 24.3 Å². The number of amides is 2. The minimum atomic E-state index is -0.524. The second kappa shape index (κ2) is 7.76. The minimum Gasteiger partial charge on any atom is -0.392 e. The number of carbonyl (C=O) groups is 1. The van der Waals surface area contributed by atoms with Gasteiger partial charge in [-0.3, -0.25) is 0 Å². The molecular formula is C14H22N2O3. The molecular weight excluding hydrogens is 244 g/mol. The molecule has 106 valence electrons. The van der Waals surface area contributed by atoms with Crippen molar-refractivity contribution >= 4 is 6.03 Å². The molecule has 1 unspecified atom stereocenters. The van der Waals surface area contributed by atoms with E-state index in [0.29, 0.717) is 19.7 Å². The molecule has 0 aromatic heterocycles. The zero-order valence-corrected chi connectivity index (χ0v) is 11.7. The number of nitrogens with one attached hydrogen (secondary N) is 1. The third-order valence-corrected chi connectivity index (χ3v) is 2.66. The molecule has 1 aromatic rings. The van der Waals surface area contributed by atoms with Crippen molar-refractivity contribution < 1.29 is 14.6 Å². The number of aliphatic hydroxyl groups excluding tert-OH is 1. The fraction of sp³-hybridized carbons (Fsp3) is 0.500. The summed E-state index contributed by atoms with van der Waals surface area (Å²) in [6, 6.07) is 7.68. The van der Waals surface area contributed by atoms with Crippen molar-refractivity contribution in [3.05, 3.63) is 35.4 Å². The molecule has 5 nitrogen and oxygen atoms in total. The lowest BCUT2D eigenvalue weighted by molar-refractivity contribution is 0.143. The van der Waals surface area contributed by atoms with Crippen LogP contribution < -0.4 is 5.32 Å². The first-order valence-corrected chi connectivity index (χ1v) is 6.26. The van der Waals surface area contributed by atoms with E-state index in [-0.39, 0.29) is 6.03 Å². The zero-order chi connectivity index (χ0) is 14.3.